The fourth-order valence-corrected chi connectivity index (χ4v) is 2.05. The van der Waals surface area contributed by atoms with Crippen LogP contribution >= 0.6 is 0 Å². The number of hydrogen-bond acceptors (Lipinski definition) is 1. The molecule has 42 valence electrons. The van der Waals surface area contributed by atoms with Gasteiger partial charge in [-0.25, -0.2) is 0 Å². The van der Waals surface area contributed by atoms with E-state index in [1.54, 1.807) is 0 Å². The van der Waals surface area contributed by atoms with E-state index in [-0.39, 0.29) is 0 Å². The fourth-order valence-electron chi connectivity index (χ4n) is 0.683. The second-order valence-corrected chi connectivity index (χ2v) is 4.07. The highest BCUT2D eigenvalue weighted by molar-refractivity contribution is 7.93. The van der Waals surface area contributed by atoms with E-state index in [1.165, 1.54) is 0 Å². The molecule has 0 radical (unpaired) electrons. The average Bonchev–Trinajstić information content (AvgIpc) is 1.68. The topological polar surface area (TPSA) is 23.1 Å². The van der Waals surface area contributed by atoms with E-state index in [1.807, 2.05) is 6.92 Å². The van der Waals surface area contributed by atoms with E-state index < -0.39 is 11.2 Å². The zero-order valence-corrected chi connectivity index (χ0v) is 5.49. The van der Waals surface area contributed by atoms with Crippen molar-refractivity contribution in [3.63, 3.8) is 0 Å². The van der Waals surface area contributed by atoms with Gasteiger partial charge in [0, 0.05) is 5.92 Å². The van der Waals surface area contributed by atoms with Gasteiger partial charge in [0.25, 0.3) is 0 Å². The molecule has 0 aliphatic carbocycles. The molecular formula is C5H10OS. The number of rotatable bonds is 0. The molecule has 1 heterocycles. The van der Waals surface area contributed by atoms with Crippen molar-refractivity contribution in [3.05, 3.63) is 0 Å². The summed E-state index contributed by atoms with van der Waals surface area (Å²) in [7, 11) is 0. The molecule has 2 heteroatoms. The van der Waals surface area contributed by atoms with Crippen LogP contribution in [0.25, 0.3) is 0 Å². The Balaban J connectivity index is 2.29. The van der Waals surface area contributed by atoms with Crippen molar-refractivity contribution in [3.8, 4) is 0 Å². The summed E-state index contributed by atoms with van der Waals surface area (Å²) in [6, 6.07) is 0. The van der Waals surface area contributed by atoms with Crippen molar-refractivity contribution in [2.75, 3.05) is 5.75 Å². The van der Waals surface area contributed by atoms with Gasteiger partial charge in [0.05, 0.1) is 0 Å². The van der Waals surface area contributed by atoms with E-state index in [0.29, 0.717) is 11.2 Å². The van der Waals surface area contributed by atoms with Gasteiger partial charge in [-0.05, 0) is 6.92 Å². The van der Waals surface area contributed by atoms with Crippen LogP contribution in [0.1, 0.15) is 13.8 Å². The minimum Gasteiger partial charge on any atom is -0.616 e. The highest BCUT2D eigenvalue weighted by Gasteiger charge is 2.37. The molecule has 1 nitrogen and oxygen atoms in total. The lowest BCUT2D eigenvalue weighted by atomic mass is 10.1. The van der Waals surface area contributed by atoms with Crippen LogP contribution in [0.5, 0.6) is 0 Å². The molecule has 0 N–H and O–H groups in total. The molecule has 1 aliphatic rings. The summed E-state index contributed by atoms with van der Waals surface area (Å²) in [6.45, 7) is 4.19. The van der Waals surface area contributed by atoms with Crippen LogP contribution in [0.3, 0.4) is 0 Å². The van der Waals surface area contributed by atoms with Crippen molar-refractivity contribution in [2.24, 2.45) is 5.92 Å². The lowest BCUT2D eigenvalue weighted by molar-refractivity contribution is 0.491. The van der Waals surface area contributed by atoms with Crippen LogP contribution in [0.4, 0.5) is 0 Å². The molecular weight excluding hydrogens is 108 g/mol. The second-order valence-electron chi connectivity index (χ2n) is 2.23. The largest absolute Gasteiger partial charge is 0.616 e. The first-order valence-corrected chi connectivity index (χ1v) is 3.97. The summed E-state index contributed by atoms with van der Waals surface area (Å²) in [6.07, 6.45) is 0. The van der Waals surface area contributed by atoms with Crippen LogP contribution in [-0.2, 0) is 11.2 Å². The summed E-state index contributed by atoms with van der Waals surface area (Å²) in [5.74, 6) is 1.64. The van der Waals surface area contributed by atoms with Crippen LogP contribution in [0, 0.1) is 5.92 Å². The van der Waals surface area contributed by atoms with Crippen molar-refractivity contribution < 1.29 is 4.55 Å². The Morgan fingerprint density at radius 3 is 2.14 bits per heavy atom. The normalized spacial score (nSPS) is 51.0. The lowest BCUT2D eigenvalue weighted by Crippen LogP contribution is -2.43. The van der Waals surface area contributed by atoms with E-state index in [4.69, 9.17) is 0 Å². The summed E-state index contributed by atoms with van der Waals surface area (Å²) < 4.78 is 10.6. The average molecular weight is 118 g/mol. The third-order valence-corrected chi connectivity index (χ3v) is 3.79. The Bertz CT molecular complexity index is 66.5. The third-order valence-electron chi connectivity index (χ3n) is 1.64. The minimum atomic E-state index is -0.467. The van der Waals surface area contributed by atoms with Crippen LogP contribution in [-0.4, -0.2) is 15.6 Å². The van der Waals surface area contributed by atoms with E-state index >= 15 is 0 Å². The molecule has 2 unspecified atom stereocenters. The molecule has 0 bridgehead atoms. The van der Waals surface area contributed by atoms with Crippen molar-refractivity contribution in [1.82, 2.24) is 0 Å². The molecule has 0 aromatic rings. The van der Waals surface area contributed by atoms with Gasteiger partial charge in [0.15, 0.2) is 0 Å². The van der Waals surface area contributed by atoms with Crippen LogP contribution < -0.4 is 0 Å². The fraction of sp³-hybridized carbons (Fsp3) is 1.00. The summed E-state index contributed by atoms with van der Waals surface area (Å²) in [5, 5.41) is 0.472. The van der Waals surface area contributed by atoms with E-state index in [9.17, 15) is 4.55 Å². The van der Waals surface area contributed by atoms with Crippen LogP contribution in [0.15, 0.2) is 0 Å². The summed E-state index contributed by atoms with van der Waals surface area (Å²) in [5.41, 5.74) is 0. The molecule has 1 aliphatic heterocycles. The van der Waals surface area contributed by atoms with Gasteiger partial charge >= 0.3 is 0 Å². The molecule has 0 amide bonds. The highest BCUT2D eigenvalue weighted by Crippen LogP contribution is 2.26. The Hall–Kier alpha value is 0.310. The van der Waals surface area contributed by atoms with Gasteiger partial charge in [0.2, 0.25) is 0 Å². The quantitative estimate of drug-likeness (QED) is 0.431. The first-order valence-electron chi connectivity index (χ1n) is 2.59. The maximum atomic E-state index is 10.6. The molecule has 7 heavy (non-hydrogen) atoms. The second kappa shape index (κ2) is 1.67. The van der Waals surface area contributed by atoms with E-state index in [0.717, 1.165) is 5.75 Å². The molecule has 1 fully saturated rings. The maximum Gasteiger partial charge on any atom is 0.119 e. The van der Waals surface area contributed by atoms with Crippen molar-refractivity contribution in [2.45, 2.75) is 19.1 Å². The molecule has 1 rings (SSSR count). The van der Waals surface area contributed by atoms with Gasteiger partial charge in [-0.1, -0.05) is 18.1 Å². The Morgan fingerprint density at radius 1 is 1.57 bits per heavy atom. The summed E-state index contributed by atoms with van der Waals surface area (Å²) >= 11 is -0.467. The SMILES string of the molecule is CC1C[S+]([O-])[C@H]1C. The third kappa shape index (κ3) is 0.774. The van der Waals surface area contributed by atoms with Gasteiger partial charge in [-0.15, -0.1) is 0 Å². The Kier molecular flexibility index (Phi) is 1.30. The first-order chi connectivity index (χ1) is 3.22. The maximum absolute atomic E-state index is 10.6. The van der Waals surface area contributed by atoms with Crippen molar-refractivity contribution in [1.29, 1.82) is 0 Å². The zero-order valence-electron chi connectivity index (χ0n) is 4.68. The smallest absolute Gasteiger partial charge is 0.119 e. The van der Waals surface area contributed by atoms with Gasteiger partial charge in [0.1, 0.15) is 11.0 Å². The Morgan fingerprint density at radius 2 is 2.14 bits per heavy atom. The van der Waals surface area contributed by atoms with Gasteiger partial charge < -0.3 is 4.55 Å². The van der Waals surface area contributed by atoms with Gasteiger partial charge in [-0.3, -0.25) is 0 Å². The Labute approximate surface area is 47.3 Å². The van der Waals surface area contributed by atoms with E-state index in [2.05, 4.69) is 6.92 Å². The monoisotopic (exact) mass is 118 g/mol. The predicted octanol–water partition coefficient (Wildman–Crippen LogP) is 0.773. The first kappa shape index (κ1) is 5.45. The summed E-state index contributed by atoms with van der Waals surface area (Å²) in [4.78, 5) is 0. The predicted molar refractivity (Wildman–Crippen MR) is 31.6 cm³/mol. The standard InChI is InChI=1S/C5H10OS/c1-4-3-7(6)5(4)2/h4-5H,3H2,1-2H3/t4?,5-,7?/m0/s1. The highest BCUT2D eigenvalue weighted by atomic mass is 32.2. The zero-order chi connectivity index (χ0) is 5.44. The molecule has 0 aromatic carbocycles. The molecule has 0 spiro atoms. The number of hydrogen-bond donors (Lipinski definition) is 0. The van der Waals surface area contributed by atoms with Crippen molar-refractivity contribution >= 4 is 11.2 Å². The molecule has 0 saturated carbocycles. The lowest BCUT2D eigenvalue weighted by Gasteiger charge is -2.33. The molecule has 1 saturated heterocycles. The van der Waals surface area contributed by atoms with Crippen LogP contribution in [0.2, 0.25) is 0 Å². The molecule has 0 aromatic heterocycles. The van der Waals surface area contributed by atoms with Gasteiger partial charge in [-0.2, -0.15) is 0 Å². The minimum absolute atomic E-state index is 0.467. The molecule has 3 atom stereocenters.